The number of nitrogen functional groups attached to an aromatic ring is 1. The summed E-state index contributed by atoms with van der Waals surface area (Å²) in [7, 11) is 0. The van der Waals surface area contributed by atoms with E-state index < -0.39 is 0 Å². The van der Waals surface area contributed by atoms with Gasteiger partial charge in [0.05, 0.1) is 5.69 Å². The van der Waals surface area contributed by atoms with Crippen molar-refractivity contribution in [2.45, 2.75) is 33.8 Å². The predicted octanol–water partition coefficient (Wildman–Crippen LogP) is 3.75. The van der Waals surface area contributed by atoms with Gasteiger partial charge < -0.3 is 10.5 Å². The third-order valence-electron chi connectivity index (χ3n) is 3.08. The van der Waals surface area contributed by atoms with Crippen LogP contribution in [0, 0.1) is 12.8 Å². The summed E-state index contributed by atoms with van der Waals surface area (Å²) >= 11 is 0. The molecule has 0 radical (unpaired) electrons. The maximum atomic E-state index is 5.99. The fourth-order valence-electron chi connectivity index (χ4n) is 2.21. The molecule has 3 nitrogen and oxygen atoms in total. The maximum absolute atomic E-state index is 5.99. The van der Waals surface area contributed by atoms with Gasteiger partial charge in [0.25, 0.3) is 0 Å². The van der Waals surface area contributed by atoms with Gasteiger partial charge in [0.15, 0.2) is 0 Å². The molecule has 0 atom stereocenters. The minimum Gasteiger partial charge on any atom is -0.487 e. The predicted molar refractivity (Wildman–Crippen MR) is 82.7 cm³/mol. The second kappa shape index (κ2) is 6.42. The Labute approximate surface area is 120 Å². The van der Waals surface area contributed by atoms with Gasteiger partial charge >= 0.3 is 0 Å². The van der Waals surface area contributed by atoms with Crippen molar-refractivity contribution >= 4 is 5.82 Å². The molecule has 0 spiro atoms. The second-order valence-electron chi connectivity index (χ2n) is 5.51. The number of nitrogens with zero attached hydrogens (tertiary/aromatic N) is 1. The third-order valence-corrected chi connectivity index (χ3v) is 3.08. The Morgan fingerprint density at radius 1 is 1.20 bits per heavy atom. The van der Waals surface area contributed by atoms with E-state index in [9.17, 15) is 0 Å². The maximum Gasteiger partial charge on any atom is 0.144 e. The first-order chi connectivity index (χ1) is 9.56. The van der Waals surface area contributed by atoms with Gasteiger partial charge in [0, 0.05) is 0 Å². The van der Waals surface area contributed by atoms with Gasteiger partial charge in [0.1, 0.15) is 18.2 Å². The number of ether oxygens (including phenoxy) is 1. The zero-order chi connectivity index (χ0) is 14.5. The topological polar surface area (TPSA) is 48.1 Å². The monoisotopic (exact) mass is 270 g/mol. The second-order valence-corrected chi connectivity index (χ2v) is 5.51. The summed E-state index contributed by atoms with van der Waals surface area (Å²) in [5, 5.41) is 0. The zero-order valence-electron chi connectivity index (χ0n) is 12.4. The summed E-state index contributed by atoms with van der Waals surface area (Å²) in [6.07, 6.45) is 0.871. The van der Waals surface area contributed by atoms with Crippen molar-refractivity contribution in [3.05, 3.63) is 53.2 Å². The minimum atomic E-state index is 0.516. The van der Waals surface area contributed by atoms with Crippen LogP contribution >= 0.6 is 0 Å². The van der Waals surface area contributed by atoms with Crippen LogP contribution in [0.3, 0.4) is 0 Å². The normalized spacial score (nSPS) is 10.8. The first-order valence-electron chi connectivity index (χ1n) is 6.99. The van der Waals surface area contributed by atoms with E-state index in [1.165, 1.54) is 0 Å². The van der Waals surface area contributed by atoms with Crippen molar-refractivity contribution in [2.75, 3.05) is 5.73 Å². The summed E-state index contributed by atoms with van der Waals surface area (Å²) in [6.45, 7) is 6.91. The highest BCUT2D eigenvalue weighted by atomic mass is 16.5. The molecule has 0 unspecified atom stereocenters. The SMILES string of the molecule is Cc1cc(N)nc(CC(C)C)c1OCc1ccccc1. The van der Waals surface area contributed by atoms with Gasteiger partial charge in [-0.1, -0.05) is 44.2 Å². The molecule has 1 aromatic carbocycles. The van der Waals surface area contributed by atoms with Crippen LogP contribution in [0.25, 0.3) is 0 Å². The molecule has 20 heavy (non-hydrogen) atoms. The highest BCUT2D eigenvalue weighted by Crippen LogP contribution is 2.27. The summed E-state index contributed by atoms with van der Waals surface area (Å²) in [5.41, 5.74) is 8.99. The van der Waals surface area contributed by atoms with Crippen LogP contribution in [0.1, 0.15) is 30.7 Å². The van der Waals surface area contributed by atoms with Gasteiger partial charge in [-0.25, -0.2) is 4.98 Å². The van der Waals surface area contributed by atoms with Gasteiger partial charge in [-0.2, -0.15) is 0 Å². The van der Waals surface area contributed by atoms with Crippen LogP contribution in [-0.4, -0.2) is 4.98 Å². The van der Waals surface area contributed by atoms with E-state index in [1.807, 2.05) is 31.2 Å². The highest BCUT2D eigenvalue weighted by molar-refractivity contribution is 5.45. The largest absolute Gasteiger partial charge is 0.487 e. The smallest absolute Gasteiger partial charge is 0.144 e. The van der Waals surface area contributed by atoms with Crippen LogP contribution in [-0.2, 0) is 13.0 Å². The Kier molecular flexibility index (Phi) is 4.61. The van der Waals surface area contributed by atoms with Crippen molar-refractivity contribution in [1.29, 1.82) is 0 Å². The number of benzene rings is 1. The van der Waals surface area contributed by atoms with Crippen molar-refractivity contribution in [2.24, 2.45) is 5.92 Å². The number of aryl methyl sites for hydroxylation is 1. The van der Waals surface area contributed by atoms with Crippen LogP contribution in [0.15, 0.2) is 36.4 Å². The van der Waals surface area contributed by atoms with E-state index in [1.54, 1.807) is 0 Å². The lowest BCUT2D eigenvalue weighted by Gasteiger charge is -2.15. The van der Waals surface area contributed by atoms with E-state index in [2.05, 4.69) is 31.0 Å². The molecule has 2 aromatic rings. The minimum absolute atomic E-state index is 0.516. The number of pyridine rings is 1. The summed E-state index contributed by atoms with van der Waals surface area (Å²) in [4.78, 5) is 4.44. The van der Waals surface area contributed by atoms with Crippen molar-refractivity contribution in [3.8, 4) is 5.75 Å². The van der Waals surface area contributed by atoms with E-state index >= 15 is 0 Å². The lowest BCUT2D eigenvalue weighted by atomic mass is 10.0. The number of nitrogens with two attached hydrogens (primary N) is 1. The number of aromatic nitrogens is 1. The molecule has 106 valence electrons. The molecule has 0 aliphatic heterocycles. The van der Waals surface area contributed by atoms with E-state index in [4.69, 9.17) is 10.5 Å². The van der Waals surface area contributed by atoms with Gasteiger partial charge in [0.2, 0.25) is 0 Å². The Balaban J connectivity index is 2.21. The lowest BCUT2D eigenvalue weighted by Crippen LogP contribution is -2.07. The molecule has 0 saturated heterocycles. The van der Waals surface area contributed by atoms with Crippen LogP contribution in [0.4, 0.5) is 5.82 Å². The molecule has 1 heterocycles. The summed E-state index contributed by atoms with van der Waals surface area (Å²) in [5.74, 6) is 1.95. The van der Waals surface area contributed by atoms with Gasteiger partial charge in [-0.15, -0.1) is 0 Å². The standard InChI is InChI=1S/C17H22N2O/c1-12(2)9-15-17(13(3)10-16(18)19-15)20-11-14-7-5-4-6-8-14/h4-8,10,12H,9,11H2,1-3H3,(H2,18,19). The molecular formula is C17H22N2O. The van der Waals surface area contributed by atoms with Gasteiger partial charge in [-0.3, -0.25) is 0 Å². The fourth-order valence-corrected chi connectivity index (χ4v) is 2.21. The van der Waals surface area contributed by atoms with E-state index in [0.717, 1.165) is 29.0 Å². The van der Waals surface area contributed by atoms with Crippen molar-refractivity contribution in [3.63, 3.8) is 0 Å². The van der Waals surface area contributed by atoms with E-state index in [-0.39, 0.29) is 0 Å². The van der Waals surface area contributed by atoms with Crippen LogP contribution in [0.5, 0.6) is 5.75 Å². The average molecular weight is 270 g/mol. The molecule has 2 rings (SSSR count). The molecule has 0 aliphatic rings. The molecule has 0 fully saturated rings. The molecule has 0 aliphatic carbocycles. The fraction of sp³-hybridized carbons (Fsp3) is 0.353. The number of anilines is 1. The summed E-state index contributed by atoms with van der Waals surface area (Å²) < 4.78 is 5.99. The molecule has 0 amide bonds. The number of rotatable bonds is 5. The number of hydrogen-bond acceptors (Lipinski definition) is 3. The van der Waals surface area contributed by atoms with Gasteiger partial charge in [-0.05, 0) is 36.5 Å². The van der Waals surface area contributed by atoms with Crippen LogP contribution < -0.4 is 10.5 Å². The Bertz CT molecular complexity index is 565. The first kappa shape index (κ1) is 14.4. The quantitative estimate of drug-likeness (QED) is 0.900. The Hall–Kier alpha value is -2.03. The third kappa shape index (κ3) is 3.73. The van der Waals surface area contributed by atoms with Crippen molar-refractivity contribution < 1.29 is 4.74 Å². The molecule has 0 bridgehead atoms. The molecule has 0 saturated carbocycles. The van der Waals surface area contributed by atoms with E-state index in [0.29, 0.717) is 18.3 Å². The lowest BCUT2D eigenvalue weighted by molar-refractivity contribution is 0.298. The molecule has 1 aromatic heterocycles. The average Bonchev–Trinajstić information content (AvgIpc) is 2.38. The van der Waals surface area contributed by atoms with Crippen molar-refractivity contribution in [1.82, 2.24) is 4.98 Å². The Morgan fingerprint density at radius 3 is 2.55 bits per heavy atom. The number of hydrogen-bond donors (Lipinski definition) is 1. The highest BCUT2D eigenvalue weighted by Gasteiger charge is 2.12. The molecule has 2 N–H and O–H groups in total. The zero-order valence-corrected chi connectivity index (χ0v) is 12.4. The summed E-state index contributed by atoms with van der Waals surface area (Å²) in [6, 6.07) is 12.0. The Morgan fingerprint density at radius 2 is 1.90 bits per heavy atom. The first-order valence-corrected chi connectivity index (χ1v) is 6.99. The van der Waals surface area contributed by atoms with Crippen LogP contribution in [0.2, 0.25) is 0 Å². The molecule has 3 heteroatoms. The molecular weight excluding hydrogens is 248 g/mol.